The largest absolute Gasteiger partial charge is 0.479 e. The zero-order valence-electron chi connectivity index (χ0n) is 10.7. The van der Waals surface area contributed by atoms with Crippen molar-refractivity contribution in [1.82, 2.24) is 5.32 Å². The predicted octanol–water partition coefficient (Wildman–Crippen LogP) is 1.41. The summed E-state index contributed by atoms with van der Waals surface area (Å²) in [4.78, 5) is 22.2. The molecule has 0 aliphatic carbocycles. The van der Waals surface area contributed by atoms with Gasteiger partial charge in [-0.15, -0.1) is 0 Å². The van der Waals surface area contributed by atoms with Gasteiger partial charge >= 0.3 is 12.1 Å². The molecule has 0 radical (unpaired) electrons. The van der Waals surface area contributed by atoms with E-state index in [1.54, 1.807) is 0 Å². The summed E-state index contributed by atoms with van der Waals surface area (Å²) in [6.07, 6.45) is -4.75. The van der Waals surface area contributed by atoms with Crippen LogP contribution in [0, 0.1) is 5.82 Å². The number of hydrogen-bond donors (Lipinski definition) is 3. The van der Waals surface area contributed by atoms with E-state index in [0.29, 0.717) is 18.2 Å². The van der Waals surface area contributed by atoms with Crippen molar-refractivity contribution in [2.45, 2.75) is 18.7 Å². The Kier molecular flexibility index (Phi) is 4.57. The number of carboxylic acid groups (broad SMARTS) is 1. The molecule has 1 aromatic carbocycles. The first-order valence-corrected chi connectivity index (χ1v) is 5.56. The number of amides is 1. The minimum Gasteiger partial charge on any atom is -0.479 e. The second kappa shape index (κ2) is 5.68. The Bertz CT molecular complexity index is 569. The molecule has 9 heteroatoms. The summed E-state index contributed by atoms with van der Waals surface area (Å²) in [5.41, 5.74) is -4.45. The highest BCUT2D eigenvalue weighted by Gasteiger charge is 2.33. The number of carbonyl (C=O) groups is 2. The second-order valence-electron chi connectivity index (χ2n) is 4.45. The van der Waals surface area contributed by atoms with Gasteiger partial charge < -0.3 is 15.5 Å². The molecule has 21 heavy (non-hydrogen) atoms. The minimum absolute atomic E-state index is 0.306. The van der Waals surface area contributed by atoms with Crippen molar-refractivity contribution in [1.29, 1.82) is 0 Å². The van der Waals surface area contributed by atoms with Crippen LogP contribution in [0.3, 0.4) is 0 Å². The van der Waals surface area contributed by atoms with Crippen LogP contribution < -0.4 is 5.32 Å². The fraction of sp³-hybridized carbons (Fsp3) is 0.333. The van der Waals surface area contributed by atoms with Crippen LogP contribution in [0.25, 0.3) is 0 Å². The smallest absolute Gasteiger partial charge is 0.416 e. The summed E-state index contributed by atoms with van der Waals surface area (Å²) in [7, 11) is 0. The average Bonchev–Trinajstić information content (AvgIpc) is 2.35. The maximum Gasteiger partial charge on any atom is 0.416 e. The van der Waals surface area contributed by atoms with Crippen molar-refractivity contribution in [3.05, 3.63) is 35.1 Å². The van der Waals surface area contributed by atoms with E-state index in [1.807, 2.05) is 5.32 Å². The third-order valence-corrected chi connectivity index (χ3v) is 2.59. The molecule has 116 valence electrons. The van der Waals surface area contributed by atoms with Crippen molar-refractivity contribution < 1.29 is 37.4 Å². The van der Waals surface area contributed by atoms with E-state index < -0.39 is 47.1 Å². The summed E-state index contributed by atoms with van der Waals surface area (Å²) >= 11 is 0. The molecular formula is C12H11F4NO4. The molecule has 0 saturated heterocycles. The number of aliphatic carboxylic acids is 1. The maximum absolute atomic E-state index is 13.4. The molecule has 1 aromatic rings. The molecule has 1 amide bonds. The number of carboxylic acids is 1. The number of alkyl halides is 3. The minimum atomic E-state index is -4.75. The van der Waals surface area contributed by atoms with E-state index in [2.05, 4.69) is 0 Å². The first-order chi connectivity index (χ1) is 9.45. The van der Waals surface area contributed by atoms with Crippen LogP contribution in [0.15, 0.2) is 18.2 Å². The topological polar surface area (TPSA) is 86.6 Å². The Morgan fingerprint density at radius 3 is 2.33 bits per heavy atom. The SMILES string of the molecule is CC(O)(CNC(=O)c1cc(C(F)(F)F)ccc1F)C(=O)O. The predicted molar refractivity (Wildman–Crippen MR) is 62.0 cm³/mol. The lowest BCUT2D eigenvalue weighted by Crippen LogP contribution is -2.46. The molecule has 0 saturated carbocycles. The van der Waals surface area contributed by atoms with Gasteiger partial charge in [-0.2, -0.15) is 13.2 Å². The molecule has 1 unspecified atom stereocenters. The van der Waals surface area contributed by atoms with E-state index >= 15 is 0 Å². The van der Waals surface area contributed by atoms with Crippen LogP contribution in [0.4, 0.5) is 17.6 Å². The van der Waals surface area contributed by atoms with Crippen molar-refractivity contribution in [3.8, 4) is 0 Å². The van der Waals surface area contributed by atoms with E-state index in [4.69, 9.17) is 5.11 Å². The highest BCUT2D eigenvalue weighted by Crippen LogP contribution is 2.30. The summed E-state index contributed by atoms with van der Waals surface area (Å²) < 4.78 is 50.8. The van der Waals surface area contributed by atoms with Gasteiger partial charge in [0.25, 0.3) is 5.91 Å². The van der Waals surface area contributed by atoms with Crippen molar-refractivity contribution in [3.63, 3.8) is 0 Å². The normalized spacial score (nSPS) is 14.4. The van der Waals surface area contributed by atoms with E-state index in [-0.39, 0.29) is 0 Å². The molecule has 0 aliphatic rings. The molecule has 0 heterocycles. The number of carbonyl (C=O) groups excluding carboxylic acids is 1. The summed E-state index contributed by atoms with van der Waals surface area (Å²) in [6.45, 7) is 0.0783. The Hall–Kier alpha value is -2.16. The fourth-order valence-electron chi connectivity index (χ4n) is 1.30. The maximum atomic E-state index is 13.4. The van der Waals surface area contributed by atoms with Crippen LogP contribution in [-0.4, -0.2) is 34.2 Å². The van der Waals surface area contributed by atoms with Gasteiger partial charge in [0.1, 0.15) is 5.82 Å². The standard InChI is InChI=1S/C12H11F4NO4/c1-11(21,10(19)20)5-17-9(18)7-4-6(12(14,15)16)2-3-8(7)13/h2-4,21H,5H2,1H3,(H,17,18)(H,19,20). The number of benzene rings is 1. The van der Waals surface area contributed by atoms with Crippen molar-refractivity contribution in [2.24, 2.45) is 0 Å². The molecule has 3 N–H and O–H groups in total. The summed E-state index contributed by atoms with van der Waals surface area (Å²) in [5.74, 6) is -4.11. The number of halogens is 4. The van der Waals surface area contributed by atoms with Crippen LogP contribution >= 0.6 is 0 Å². The van der Waals surface area contributed by atoms with Crippen LogP contribution in [-0.2, 0) is 11.0 Å². The highest BCUT2D eigenvalue weighted by atomic mass is 19.4. The van der Waals surface area contributed by atoms with E-state index in [1.165, 1.54) is 0 Å². The van der Waals surface area contributed by atoms with Gasteiger partial charge in [-0.1, -0.05) is 0 Å². The molecule has 0 fully saturated rings. The fourth-order valence-corrected chi connectivity index (χ4v) is 1.30. The van der Waals surface area contributed by atoms with Crippen LogP contribution in [0.1, 0.15) is 22.8 Å². The molecule has 0 aromatic heterocycles. The Morgan fingerprint density at radius 1 is 1.29 bits per heavy atom. The Morgan fingerprint density at radius 2 is 1.86 bits per heavy atom. The zero-order chi connectivity index (χ0) is 16.4. The monoisotopic (exact) mass is 309 g/mol. The van der Waals surface area contributed by atoms with Gasteiger partial charge in [0.05, 0.1) is 17.7 Å². The Balaban J connectivity index is 2.95. The molecule has 0 bridgehead atoms. The highest BCUT2D eigenvalue weighted by molar-refractivity contribution is 5.95. The lowest BCUT2D eigenvalue weighted by Gasteiger charge is -2.18. The van der Waals surface area contributed by atoms with Crippen LogP contribution in [0.2, 0.25) is 0 Å². The molecule has 0 aliphatic heterocycles. The lowest BCUT2D eigenvalue weighted by atomic mass is 10.1. The lowest BCUT2D eigenvalue weighted by molar-refractivity contribution is -0.155. The molecule has 5 nitrogen and oxygen atoms in total. The number of hydrogen-bond acceptors (Lipinski definition) is 3. The molecular weight excluding hydrogens is 298 g/mol. The Labute approximate surface area is 116 Å². The van der Waals surface area contributed by atoms with Gasteiger partial charge in [0, 0.05) is 0 Å². The van der Waals surface area contributed by atoms with E-state index in [0.717, 1.165) is 6.92 Å². The van der Waals surface area contributed by atoms with Crippen molar-refractivity contribution in [2.75, 3.05) is 6.54 Å². The van der Waals surface area contributed by atoms with Gasteiger partial charge in [-0.3, -0.25) is 4.79 Å². The van der Waals surface area contributed by atoms with Gasteiger partial charge in [-0.05, 0) is 25.1 Å². The van der Waals surface area contributed by atoms with E-state index in [9.17, 15) is 32.3 Å². The zero-order valence-corrected chi connectivity index (χ0v) is 10.7. The second-order valence-corrected chi connectivity index (χ2v) is 4.45. The third-order valence-electron chi connectivity index (χ3n) is 2.59. The summed E-state index contributed by atoms with van der Waals surface area (Å²) in [6, 6.07) is 1.26. The van der Waals surface area contributed by atoms with Gasteiger partial charge in [0.15, 0.2) is 5.60 Å². The number of aliphatic hydroxyl groups is 1. The molecule has 0 spiro atoms. The third kappa shape index (κ3) is 4.15. The van der Waals surface area contributed by atoms with Crippen molar-refractivity contribution >= 4 is 11.9 Å². The van der Waals surface area contributed by atoms with Gasteiger partial charge in [0.2, 0.25) is 0 Å². The summed E-state index contributed by atoms with van der Waals surface area (Å²) in [5, 5.41) is 19.8. The quantitative estimate of drug-likeness (QED) is 0.734. The first-order valence-electron chi connectivity index (χ1n) is 5.56. The molecule has 1 rings (SSSR count). The number of nitrogens with one attached hydrogen (secondary N) is 1. The average molecular weight is 309 g/mol. The first kappa shape index (κ1) is 16.9. The molecule has 1 atom stereocenters. The number of rotatable bonds is 4. The van der Waals surface area contributed by atoms with Crippen LogP contribution in [0.5, 0.6) is 0 Å². The van der Waals surface area contributed by atoms with Gasteiger partial charge in [-0.25, -0.2) is 9.18 Å².